The second kappa shape index (κ2) is 7.82. The minimum Gasteiger partial charge on any atom is -0.343 e. The van der Waals surface area contributed by atoms with E-state index in [1.54, 1.807) is 11.0 Å². The van der Waals surface area contributed by atoms with Crippen molar-refractivity contribution in [2.45, 2.75) is 40.0 Å². The van der Waals surface area contributed by atoms with E-state index in [0.717, 1.165) is 30.6 Å². The van der Waals surface area contributed by atoms with E-state index in [9.17, 15) is 9.59 Å². The van der Waals surface area contributed by atoms with Crippen molar-refractivity contribution in [2.24, 2.45) is 5.92 Å². The van der Waals surface area contributed by atoms with Crippen LogP contribution in [0.15, 0.2) is 18.2 Å². The molecule has 1 aromatic rings. The van der Waals surface area contributed by atoms with E-state index in [1.807, 2.05) is 30.9 Å². The zero-order valence-corrected chi connectivity index (χ0v) is 14.9. The molecule has 5 heteroatoms. The Morgan fingerprint density at radius 1 is 1.39 bits per heavy atom. The van der Waals surface area contributed by atoms with Crippen LogP contribution in [0.1, 0.15) is 38.7 Å². The maximum Gasteiger partial charge on any atom is 0.228 e. The van der Waals surface area contributed by atoms with E-state index in [4.69, 9.17) is 11.6 Å². The molecule has 23 heavy (non-hydrogen) atoms. The van der Waals surface area contributed by atoms with Crippen molar-refractivity contribution >= 4 is 29.1 Å². The predicted molar refractivity (Wildman–Crippen MR) is 93.8 cm³/mol. The summed E-state index contributed by atoms with van der Waals surface area (Å²) in [5.41, 5.74) is 1.75. The highest BCUT2D eigenvalue weighted by Crippen LogP contribution is 2.29. The third-order valence-electron chi connectivity index (χ3n) is 4.42. The Kier molecular flexibility index (Phi) is 6.05. The first kappa shape index (κ1) is 17.8. The molecular weight excluding hydrogens is 312 g/mol. The van der Waals surface area contributed by atoms with Gasteiger partial charge in [0.2, 0.25) is 11.8 Å². The minimum absolute atomic E-state index is 0.00480. The summed E-state index contributed by atoms with van der Waals surface area (Å²) in [5.74, 6) is -0.163. The van der Waals surface area contributed by atoms with Crippen LogP contribution in [0.3, 0.4) is 0 Å². The zero-order valence-electron chi connectivity index (χ0n) is 14.1. The fourth-order valence-electron chi connectivity index (χ4n) is 2.90. The van der Waals surface area contributed by atoms with Crippen LogP contribution in [0.2, 0.25) is 5.02 Å². The zero-order chi connectivity index (χ0) is 17.0. The van der Waals surface area contributed by atoms with Gasteiger partial charge in [0.1, 0.15) is 0 Å². The van der Waals surface area contributed by atoms with Crippen LogP contribution in [0.4, 0.5) is 5.69 Å². The van der Waals surface area contributed by atoms with Gasteiger partial charge < -0.3 is 9.80 Å². The van der Waals surface area contributed by atoms with E-state index in [2.05, 4.69) is 6.92 Å². The number of carbonyl (C=O) groups excluding carboxylic acids is 2. The molecule has 1 atom stereocenters. The number of carbonyl (C=O) groups is 2. The molecule has 1 aromatic carbocycles. The number of benzene rings is 1. The van der Waals surface area contributed by atoms with Gasteiger partial charge in [-0.15, -0.1) is 0 Å². The molecule has 126 valence electrons. The van der Waals surface area contributed by atoms with Crippen LogP contribution < -0.4 is 4.90 Å². The summed E-state index contributed by atoms with van der Waals surface area (Å²) in [6.45, 7) is 7.94. The van der Waals surface area contributed by atoms with E-state index in [1.165, 1.54) is 0 Å². The molecule has 2 amide bonds. The normalized spacial score (nSPS) is 17.7. The number of hydrogen-bond donors (Lipinski definition) is 0. The van der Waals surface area contributed by atoms with Gasteiger partial charge in [0, 0.05) is 36.8 Å². The fraction of sp³-hybridized carbons (Fsp3) is 0.556. The molecule has 0 saturated carbocycles. The first-order valence-corrected chi connectivity index (χ1v) is 8.71. The molecule has 1 saturated heterocycles. The number of halogens is 1. The number of amides is 2. The molecule has 0 unspecified atom stereocenters. The molecule has 1 aliphatic rings. The van der Waals surface area contributed by atoms with Crippen molar-refractivity contribution in [2.75, 3.05) is 24.5 Å². The van der Waals surface area contributed by atoms with Crippen LogP contribution in [0.5, 0.6) is 0 Å². The molecular formula is C18H25ClN2O2. The Morgan fingerprint density at radius 3 is 2.74 bits per heavy atom. The molecule has 1 heterocycles. The lowest BCUT2D eigenvalue weighted by molar-refractivity contribution is -0.135. The number of hydrogen-bond acceptors (Lipinski definition) is 2. The van der Waals surface area contributed by atoms with Gasteiger partial charge in [-0.25, -0.2) is 0 Å². The van der Waals surface area contributed by atoms with E-state index in [-0.39, 0.29) is 24.2 Å². The van der Waals surface area contributed by atoms with Gasteiger partial charge in [-0.2, -0.15) is 0 Å². The molecule has 0 spiro atoms. The summed E-state index contributed by atoms with van der Waals surface area (Å²) in [5, 5.41) is 0.642. The van der Waals surface area contributed by atoms with Crippen LogP contribution in [-0.4, -0.2) is 36.3 Å². The Balaban J connectivity index is 2.09. The average molecular weight is 337 g/mol. The summed E-state index contributed by atoms with van der Waals surface area (Å²) < 4.78 is 0. The fourth-order valence-corrected chi connectivity index (χ4v) is 3.08. The van der Waals surface area contributed by atoms with Crippen LogP contribution in [0, 0.1) is 12.8 Å². The highest BCUT2D eigenvalue weighted by atomic mass is 35.5. The topological polar surface area (TPSA) is 40.6 Å². The number of anilines is 1. The highest BCUT2D eigenvalue weighted by Gasteiger charge is 2.36. The van der Waals surface area contributed by atoms with Crippen molar-refractivity contribution in [1.82, 2.24) is 4.90 Å². The second-order valence-corrected chi connectivity index (χ2v) is 6.52. The van der Waals surface area contributed by atoms with Crippen molar-refractivity contribution in [1.29, 1.82) is 0 Å². The van der Waals surface area contributed by atoms with Gasteiger partial charge >= 0.3 is 0 Å². The Morgan fingerprint density at radius 2 is 2.13 bits per heavy atom. The van der Waals surface area contributed by atoms with Crippen LogP contribution in [-0.2, 0) is 9.59 Å². The maximum absolute atomic E-state index is 12.6. The molecule has 1 aliphatic heterocycles. The Hall–Kier alpha value is -1.55. The minimum atomic E-state index is -0.251. The highest BCUT2D eigenvalue weighted by molar-refractivity contribution is 6.31. The SMILES string of the molecule is CCCCN(CC)C(=O)[C@@H]1CC(=O)N(c2ccc(C)c(Cl)c2)C1. The Bertz CT molecular complexity index is 588. The number of nitrogens with zero attached hydrogens (tertiary/aromatic N) is 2. The lowest BCUT2D eigenvalue weighted by Gasteiger charge is -2.24. The second-order valence-electron chi connectivity index (χ2n) is 6.11. The number of rotatable bonds is 6. The molecule has 0 N–H and O–H groups in total. The lowest BCUT2D eigenvalue weighted by atomic mass is 10.1. The van der Waals surface area contributed by atoms with Gasteiger partial charge in [0.05, 0.1) is 5.92 Å². The monoisotopic (exact) mass is 336 g/mol. The van der Waals surface area contributed by atoms with E-state index >= 15 is 0 Å². The van der Waals surface area contributed by atoms with Gasteiger partial charge in [-0.3, -0.25) is 9.59 Å². The van der Waals surface area contributed by atoms with Gasteiger partial charge in [0.25, 0.3) is 0 Å². The van der Waals surface area contributed by atoms with Crippen LogP contribution >= 0.6 is 11.6 Å². The summed E-state index contributed by atoms with van der Waals surface area (Å²) >= 11 is 6.16. The first-order chi connectivity index (χ1) is 11.0. The molecule has 0 aromatic heterocycles. The molecule has 0 radical (unpaired) electrons. The summed E-state index contributed by atoms with van der Waals surface area (Å²) in [4.78, 5) is 28.5. The molecule has 1 fully saturated rings. The molecule has 4 nitrogen and oxygen atoms in total. The van der Waals surface area contributed by atoms with E-state index < -0.39 is 0 Å². The van der Waals surface area contributed by atoms with Crippen molar-refractivity contribution in [3.05, 3.63) is 28.8 Å². The summed E-state index contributed by atoms with van der Waals surface area (Å²) in [6.07, 6.45) is 2.34. The maximum atomic E-state index is 12.6. The van der Waals surface area contributed by atoms with Crippen molar-refractivity contribution in [3.63, 3.8) is 0 Å². The van der Waals surface area contributed by atoms with E-state index in [0.29, 0.717) is 18.1 Å². The quantitative estimate of drug-likeness (QED) is 0.795. The van der Waals surface area contributed by atoms with Gasteiger partial charge in [-0.1, -0.05) is 31.0 Å². The van der Waals surface area contributed by atoms with Crippen molar-refractivity contribution < 1.29 is 9.59 Å². The number of aryl methyl sites for hydroxylation is 1. The number of unbranched alkanes of at least 4 members (excludes halogenated alkanes) is 1. The van der Waals surface area contributed by atoms with Gasteiger partial charge in [0.15, 0.2) is 0 Å². The predicted octanol–water partition coefficient (Wildman–Crippen LogP) is 3.65. The average Bonchev–Trinajstić information content (AvgIpc) is 2.92. The third-order valence-corrected chi connectivity index (χ3v) is 4.82. The standard InChI is InChI=1S/C18H25ClN2O2/c1-4-6-9-20(5-2)18(23)14-10-17(22)21(12-14)15-8-7-13(3)16(19)11-15/h7-8,11,14H,4-6,9-10,12H2,1-3H3/t14-/m1/s1. The van der Waals surface area contributed by atoms with Crippen molar-refractivity contribution in [3.8, 4) is 0 Å². The third kappa shape index (κ3) is 4.05. The summed E-state index contributed by atoms with van der Waals surface area (Å²) in [6, 6.07) is 5.59. The summed E-state index contributed by atoms with van der Waals surface area (Å²) in [7, 11) is 0. The van der Waals surface area contributed by atoms with Crippen LogP contribution in [0.25, 0.3) is 0 Å². The lowest BCUT2D eigenvalue weighted by Crippen LogP contribution is -2.38. The smallest absolute Gasteiger partial charge is 0.228 e. The first-order valence-electron chi connectivity index (χ1n) is 8.33. The molecule has 2 rings (SSSR count). The Labute approximate surface area is 143 Å². The van der Waals surface area contributed by atoms with Gasteiger partial charge in [-0.05, 0) is 38.0 Å². The molecule has 0 aliphatic carbocycles. The largest absolute Gasteiger partial charge is 0.343 e. The molecule has 0 bridgehead atoms.